The Balaban J connectivity index is 2.32. The molecule has 0 fully saturated rings. The zero-order valence-corrected chi connectivity index (χ0v) is 15.0. The summed E-state index contributed by atoms with van der Waals surface area (Å²) in [7, 11) is 1.68. The zero-order chi connectivity index (χ0) is 18.4. The first kappa shape index (κ1) is 17.6. The van der Waals surface area contributed by atoms with Crippen LogP contribution in [0.4, 0.5) is 4.39 Å². The van der Waals surface area contributed by atoms with E-state index < -0.39 is 11.4 Å². The normalized spacial score (nSPS) is 14.0. The molecule has 5 nitrogen and oxygen atoms in total. The van der Waals surface area contributed by atoms with E-state index in [9.17, 15) is 14.3 Å². The minimum absolute atomic E-state index is 0.0656. The Bertz CT molecular complexity index is 1010. The maximum Gasteiger partial charge on any atom is 0.278 e. The van der Waals surface area contributed by atoms with E-state index in [1.807, 2.05) is 13.8 Å². The summed E-state index contributed by atoms with van der Waals surface area (Å²) >= 11 is 5.90. The number of nitrogens with zero attached hydrogens (tertiary/aromatic N) is 3. The second-order valence-electron chi connectivity index (χ2n) is 5.98. The highest BCUT2D eigenvalue weighted by Crippen LogP contribution is 2.37. The molecule has 1 atom stereocenters. The van der Waals surface area contributed by atoms with E-state index in [4.69, 9.17) is 11.6 Å². The molecule has 132 valence electrons. The Labute approximate surface area is 149 Å². The molecule has 0 aliphatic heterocycles. The summed E-state index contributed by atoms with van der Waals surface area (Å²) in [5.41, 5.74) is -0.440. The van der Waals surface area contributed by atoms with Crippen molar-refractivity contribution < 1.29 is 9.50 Å². The van der Waals surface area contributed by atoms with Gasteiger partial charge in [0.2, 0.25) is 0 Å². The number of aliphatic hydroxyl groups is 1. The van der Waals surface area contributed by atoms with Gasteiger partial charge in [0.25, 0.3) is 5.56 Å². The third kappa shape index (κ3) is 2.65. The molecule has 25 heavy (non-hydrogen) atoms. The predicted molar refractivity (Wildman–Crippen MR) is 95.3 cm³/mol. The Morgan fingerprint density at radius 3 is 2.64 bits per heavy atom. The van der Waals surface area contributed by atoms with Crippen LogP contribution in [-0.4, -0.2) is 19.5 Å². The molecule has 7 heteroatoms. The molecule has 3 aromatic rings. The van der Waals surface area contributed by atoms with Gasteiger partial charge in [0, 0.05) is 25.2 Å². The quantitative estimate of drug-likeness (QED) is 0.774. The van der Waals surface area contributed by atoms with Crippen LogP contribution in [0.5, 0.6) is 0 Å². The number of hydrogen-bond donors (Lipinski definition) is 1. The number of halogens is 2. The van der Waals surface area contributed by atoms with Crippen molar-refractivity contribution in [3.8, 4) is 0 Å². The Morgan fingerprint density at radius 2 is 2.04 bits per heavy atom. The van der Waals surface area contributed by atoms with Crippen molar-refractivity contribution >= 4 is 22.5 Å². The maximum atomic E-state index is 13.5. The zero-order valence-electron chi connectivity index (χ0n) is 14.3. The second-order valence-corrected chi connectivity index (χ2v) is 6.39. The van der Waals surface area contributed by atoms with E-state index in [1.165, 1.54) is 22.9 Å². The maximum absolute atomic E-state index is 13.5. The third-order valence-corrected chi connectivity index (χ3v) is 4.90. The van der Waals surface area contributed by atoms with Gasteiger partial charge >= 0.3 is 0 Å². The predicted octanol–water partition coefficient (Wildman–Crippen LogP) is 3.19. The monoisotopic (exact) mass is 363 g/mol. The van der Waals surface area contributed by atoms with Crippen molar-refractivity contribution in [2.75, 3.05) is 0 Å². The van der Waals surface area contributed by atoms with Crippen LogP contribution >= 0.6 is 11.6 Å². The molecular weight excluding hydrogens is 345 g/mol. The van der Waals surface area contributed by atoms with Gasteiger partial charge < -0.3 is 9.67 Å². The number of aryl methyl sites for hydroxylation is 2. The van der Waals surface area contributed by atoms with Crippen molar-refractivity contribution in [3.05, 3.63) is 62.9 Å². The SMILES string of the molecule is CCn1ccc2c(C(O)(CC)c3ccc(F)c(Cl)c3)n(C)nc2c1=O. The van der Waals surface area contributed by atoms with E-state index in [2.05, 4.69) is 5.10 Å². The van der Waals surface area contributed by atoms with Gasteiger partial charge in [-0.05, 0) is 37.1 Å². The molecule has 0 saturated carbocycles. The molecule has 2 heterocycles. The number of rotatable bonds is 4. The van der Waals surface area contributed by atoms with Gasteiger partial charge in [-0.25, -0.2) is 4.39 Å². The van der Waals surface area contributed by atoms with Gasteiger partial charge in [0.05, 0.1) is 10.7 Å². The van der Waals surface area contributed by atoms with Gasteiger partial charge in [-0.3, -0.25) is 9.48 Å². The fraction of sp³-hybridized carbons (Fsp3) is 0.333. The fourth-order valence-electron chi connectivity index (χ4n) is 3.23. The number of pyridine rings is 1. The van der Waals surface area contributed by atoms with Crippen molar-refractivity contribution in [2.45, 2.75) is 32.4 Å². The highest BCUT2D eigenvalue weighted by atomic mass is 35.5. The number of aromatic nitrogens is 3. The first-order valence-electron chi connectivity index (χ1n) is 8.08. The van der Waals surface area contributed by atoms with E-state index >= 15 is 0 Å². The minimum Gasteiger partial charge on any atom is -0.379 e. The van der Waals surface area contributed by atoms with E-state index in [-0.39, 0.29) is 10.6 Å². The first-order valence-corrected chi connectivity index (χ1v) is 8.45. The summed E-state index contributed by atoms with van der Waals surface area (Å²) in [5.74, 6) is -0.551. The molecule has 0 radical (unpaired) electrons. The largest absolute Gasteiger partial charge is 0.379 e. The van der Waals surface area contributed by atoms with Gasteiger partial charge in [-0.15, -0.1) is 0 Å². The van der Waals surface area contributed by atoms with Crippen LogP contribution in [-0.2, 0) is 19.2 Å². The summed E-state index contributed by atoms with van der Waals surface area (Å²) in [6.45, 7) is 4.22. The summed E-state index contributed by atoms with van der Waals surface area (Å²) in [5, 5.41) is 16.2. The summed E-state index contributed by atoms with van der Waals surface area (Å²) in [4.78, 5) is 12.5. The molecule has 1 aromatic carbocycles. The van der Waals surface area contributed by atoms with Crippen molar-refractivity contribution in [1.82, 2.24) is 14.3 Å². The smallest absolute Gasteiger partial charge is 0.278 e. The molecule has 0 bridgehead atoms. The summed E-state index contributed by atoms with van der Waals surface area (Å²) in [6, 6.07) is 5.90. The van der Waals surface area contributed by atoms with Crippen LogP contribution in [0.2, 0.25) is 5.02 Å². The van der Waals surface area contributed by atoms with Crippen LogP contribution in [0.25, 0.3) is 10.9 Å². The van der Waals surface area contributed by atoms with Crippen LogP contribution in [0.1, 0.15) is 31.5 Å². The second kappa shape index (κ2) is 6.28. The fourth-order valence-corrected chi connectivity index (χ4v) is 3.41. The van der Waals surface area contributed by atoms with Gasteiger partial charge in [-0.2, -0.15) is 5.10 Å². The van der Waals surface area contributed by atoms with E-state index in [1.54, 1.807) is 23.9 Å². The average Bonchev–Trinajstić information content (AvgIpc) is 2.94. The molecule has 1 N–H and O–H groups in total. The molecule has 0 amide bonds. The van der Waals surface area contributed by atoms with Crippen molar-refractivity contribution in [3.63, 3.8) is 0 Å². The van der Waals surface area contributed by atoms with Crippen molar-refractivity contribution in [2.24, 2.45) is 7.05 Å². The summed E-state index contributed by atoms with van der Waals surface area (Å²) in [6.07, 6.45) is 1.99. The topological polar surface area (TPSA) is 60.1 Å². The number of benzene rings is 1. The third-order valence-electron chi connectivity index (χ3n) is 4.61. The lowest BCUT2D eigenvalue weighted by molar-refractivity contribution is 0.0692. The van der Waals surface area contributed by atoms with E-state index in [0.29, 0.717) is 35.1 Å². The lowest BCUT2D eigenvalue weighted by Gasteiger charge is -2.28. The molecule has 0 aliphatic rings. The van der Waals surface area contributed by atoms with Crippen LogP contribution < -0.4 is 5.56 Å². The van der Waals surface area contributed by atoms with Gasteiger partial charge in [-0.1, -0.05) is 24.6 Å². The highest BCUT2D eigenvalue weighted by molar-refractivity contribution is 6.30. The van der Waals surface area contributed by atoms with E-state index in [0.717, 1.165) is 0 Å². The van der Waals surface area contributed by atoms with Crippen molar-refractivity contribution in [1.29, 1.82) is 0 Å². The molecule has 2 aromatic heterocycles. The number of fused-ring (bicyclic) bond motifs is 1. The standard InChI is InChI=1S/C18H19ClFN3O2/c1-4-18(25,11-6-7-14(20)13(19)10-11)16-12-8-9-23(5-2)17(24)15(12)21-22(16)3/h6-10,25H,4-5H2,1-3H3. The number of hydrogen-bond acceptors (Lipinski definition) is 3. The first-order chi connectivity index (χ1) is 11.8. The Morgan fingerprint density at radius 1 is 1.32 bits per heavy atom. The lowest BCUT2D eigenvalue weighted by Crippen LogP contribution is -2.29. The molecule has 0 saturated heterocycles. The molecular formula is C18H19ClFN3O2. The Kier molecular flexibility index (Phi) is 4.43. The van der Waals surface area contributed by atoms with Gasteiger partial charge in [0.15, 0.2) is 5.52 Å². The van der Waals surface area contributed by atoms with Crippen LogP contribution in [0, 0.1) is 5.82 Å². The summed E-state index contributed by atoms with van der Waals surface area (Å²) < 4.78 is 16.6. The van der Waals surface area contributed by atoms with Crippen LogP contribution in [0.15, 0.2) is 35.3 Å². The highest BCUT2D eigenvalue weighted by Gasteiger charge is 2.36. The lowest BCUT2D eigenvalue weighted by atomic mass is 9.86. The average molecular weight is 364 g/mol. The molecule has 1 unspecified atom stereocenters. The minimum atomic E-state index is -1.45. The van der Waals surface area contributed by atoms with Crippen LogP contribution in [0.3, 0.4) is 0 Å². The molecule has 3 rings (SSSR count). The molecule has 0 aliphatic carbocycles. The Hall–Kier alpha value is -2.18. The molecule has 0 spiro atoms. The van der Waals surface area contributed by atoms with Gasteiger partial charge in [0.1, 0.15) is 11.4 Å².